The Morgan fingerprint density at radius 1 is 1.14 bits per heavy atom. The molecule has 1 aliphatic carbocycles. The molecule has 0 spiro atoms. The molecule has 0 atom stereocenters. The molecule has 0 aliphatic heterocycles. The van der Waals surface area contributed by atoms with Crippen molar-refractivity contribution in [3.05, 3.63) is 52.4 Å². The first-order chi connectivity index (χ1) is 19.6. The second kappa shape index (κ2) is 12.2. The number of ether oxygens (including phenoxy) is 2. The number of carboxylic acid groups (broad SMARTS) is 1. The molecule has 0 bridgehead atoms. The Hall–Kier alpha value is -3.25. The van der Waals surface area contributed by atoms with Crippen LogP contribution in [0, 0.1) is 23.0 Å². The molecule has 0 saturated heterocycles. The lowest BCUT2D eigenvalue weighted by atomic mass is 9.68. The average molecular weight is 623 g/mol. The fourth-order valence-corrected chi connectivity index (χ4v) is 7.53. The van der Waals surface area contributed by atoms with Crippen molar-refractivity contribution < 1.29 is 36.6 Å². The summed E-state index contributed by atoms with van der Waals surface area (Å²) in [5, 5.41) is 10.1. The van der Waals surface area contributed by atoms with Crippen LogP contribution in [0.5, 0.6) is 11.5 Å². The van der Waals surface area contributed by atoms with Crippen LogP contribution in [0.15, 0.2) is 34.7 Å². The van der Waals surface area contributed by atoms with Crippen molar-refractivity contribution in [1.82, 2.24) is 4.98 Å². The molecule has 2 aromatic carbocycles. The Kier molecular flexibility index (Phi) is 9.17. The number of thiazole rings is 1. The molecule has 42 heavy (non-hydrogen) atoms. The summed E-state index contributed by atoms with van der Waals surface area (Å²) in [5.74, 6) is -2.55. The predicted octanol–water partition coefficient (Wildman–Crippen LogP) is 7.70. The van der Waals surface area contributed by atoms with Gasteiger partial charge in [0.15, 0.2) is 16.6 Å². The van der Waals surface area contributed by atoms with Gasteiger partial charge in [-0.15, -0.1) is 11.3 Å². The largest absolute Gasteiger partial charge is 0.495 e. The first-order valence-corrected chi connectivity index (χ1v) is 16.1. The zero-order chi connectivity index (χ0) is 31.0. The van der Waals surface area contributed by atoms with Gasteiger partial charge >= 0.3 is 5.97 Å². The lowest BCUT2D eigenvalue weighted by molar-refractivity contribution is 0.0691. The van der Waals surface area contributed by atoms with Crippen molar-refractivity contribution in [2.24, 2.45) is 11.3 Å². The van der Waals surface area contributed by atoms with Gasteiger partial charge in [-0.1, -0.05) is 26.8 Å². The normalized spacial score (nSPS) is 17.7. The highest BCUT2D eigenvalue weighted by Gasteiger charge is 2.33. The number of halogens is 2. The number of nitrogens with zero attached hydrogens (tertiary/aromatic N) is 1. The molecule has 4 rings (SSSR count). The summed E-state index contributed by atoms with van der Waals surface area (Å²) in [5.41, 5.74) is 0.155. The van der Waals surface area contributed by atoms with E-state index in [0.717, 1.165) is 54.7 Å². The van der Waals surface area contributed by atoms with Crippen LogP contribution in [0.25, 0.3) is 10.6 Å². The third-order valence-electron chi connectivity index (χ3n) is 7.63. The van der Waals surface area contributed by atoms with Gasteiger partial charge < -0.3 is 14.6 Å². The minimum absolute atomic E-state index is 0.110. The Morgan fingerprint density at radius 2 is 1.81 bits per heavy atom. The van der Waals surface area contributed by atoms with E-state index in [1.807, 2.05) is 19.9 Å². The van der Waals surface area contributed by atoms with Crippen molar-refractivity contribution in [3.63, 3.8) is 0 Å². The summed E-state index contributed by atoms with van der Waals surface area (Å²) in [6.07, 6.45) is 3.68. The predicted molar refractivity (Wildman–Crippen MR) is 158 cm³/mol. The van der Waals surface area contributed by atoms with Crippen LogP contribution in [0.3, 0.4) is 0 Å². The maximum atomic E-state index is 16.1. The number of aromatic nitrogens is 1. The van der Waals surface area contributed by atoms with Gasteiger partial charge in [-0.2, -0.15) is 8.42 Å². The van der Waals surface area contributed by atoms with Gasteiger partial charge in [-0.05, 0) is 68.9 Å². The fraction of sp³-hybridized carbons (Fsp3) is 0.467. The molecule has 8 nitrogen and oxygen atoms in total. The van der Waals surface area contributed by atoms with E-state index >= 15 is 4.39 Å². The maximum absolute atomic E-state index is 16.1. The van der Waals surface area contributed by atoms with Gasteiger partial charge in [0.2, 0.25) is 0 Å². The molecule has 1 aliphatic rings. The number of hydrogen-bond donors (Lipinski definition) is 2. The summed E-state index contributed by atoms with van der Waals surface area (Å²) in [4.78, 5) is 15.4. The second-order valence-electron chi connectivity index (χ2n) is 11.9. The SMILES string of the molecule is COc1cc(C(=O)O)c(F)cc1NS(=O)(=O)c1csc(-c2ccc(C3CCC(C(C)(C)C)CC3)c(OC(C)C)c2F)n1. The number of benzene rings is 2. The molecule has 0 unspecified atom stereocenters. The van der Waals surface area contributed by atoms with Crippen LogP contribution in [0.4, 0.5) is 14.5 Å². The monoisotopic (exact) mass is 622 g/mol. The summed E-state index contributed by atoms with van der Waals surface area (Å²) in [6, 6.07) is 5.06. The average Bonchev–Trinajstić information content (AvgIpc) is 3.40. The molecule has 1 saturated carbocycles. The minimum atomic E-state index is -4.37. The molecule has 2 N–H and O–H groups in total. The molecule has 0 radical (unpaired) electrons. The molecule has 1 fully saturated rings. The van der Waals surface area contributed by atoms with Crippen molar-refractivity contribution in [2.75, 3.05) is 11.8 Å². The first kappa shape index (κ1) is 31.7. The number of methoxy groups -OCH3 is 1. The molecule has 228 valence electrons. The highest BCUT2D eigenvalue weighted by atomic mass is 32.2. The Bertz CT molecular complexity index is 1570. The summed E-state index contributed by atoms with van der Waals surface area (Å²) < 4.78 is 69.8. The van der Waals surface area contributed by atoms with Crippen LogP contribution in [-0.4, -0.2) is 37.7 Å². The van der Waals surface area contributed by atoms with Gasteiger partial charge in [-0.25, -0.2) is 18.6 Å². The highest BCUT2D eigenvalue weighted by molar-refractivity contribution is 7.92. The molecular weight excluding hydrogens is 586 g/mol. The quantitative estimate of drug-likeness (QED) is 0.251. The number of hydrogen-bond acceptors (Lipinski definition) is 7. The van der Waals surface area contributed by atoms with Gasteiger partial charge in [0.05, 0.1) is 30.0 Å². The summed E-state index contributed by atoms with van der Waals surface area (Å²) in [6.45, 7) is 10.4. The van der Waals surface area contributed by atoms with Crippen LogP contribution in [0.2, 0.25) is 0 Å². The first-order valence-electron chi connectivity index (χ1n) is 13.7. The van der Waals surface area contributed by atoms with Crippen LogP contribution < -0.4 is 14.2 Å². The molecule has 12 heteroatoms. The van der Waals surface area contributed by atoms with Crippen molar-refractivity contribution in [1.29, 1.82) is 0 Å². The van der Waals surface area contributed by atoms with Crippen molar-refractivity contribution in [2.45, 2.75) is 77.3 Å². The standard InChI is InChI=1S/C30H36F2N2O6S2/c1-16(2)40-27-19(17-7-9-18(10-8-17)30(3,4)5)11-12-20(26(27)32)28-33-25(15-41-28)42(37,38)34-23-14-22(31)21(29(35)36)13-24(23)39-6/h11-18,34H,7-10H2,1-6H3,(H,35,36). The number of anilines is 1. The highest BCUT2D eigenvalue weighted by Crippen LogP contribution is 2.47. The number of rotatable bonds is 9. The number of carbonyl (C=O) groups is 1. The summed E-state index contributed by atoms with van der Waals surface area (Å²) in [7, 11) is -3.17. The third kappa shape index (κ3) is 6.70. The Balaban J connectivity index is 1.64. The molecule has 1 aromatic heterocycles. The van der Waals surface area contributed by atoms with Gasteiger partial charge in [-0.3, -0.25) is 4.72 Å². The molecule has 3 aromatic rings. The Morgan fingerprint density at radius 3 is 2.38 bits per heavy atom. The molecule has 1 heterocycles. The zero-order valence-corrected chi connectivity index (χ0v) is 26.1. The van der Waals surface area contributed by atoms with Gasteiger partial charge in [0.25, 0.3) is 10.0 Å². The maximum Gasteiger partial charge on any atom is 0.338 e. The lowest BCUT2D eigenvalue weighted by Crippen LogP contribution is -2.25. The van der Waals surface area contributed by atoms with Crippen molar-refractivity contribution >= 4 is 33.0 Å². The fourth-order valence-electron chi connectivity index (χ4n) is 5.35. The summed E-state index contributed by atoms with van der Waals surface area (Å²) >= 11 is 0.937. The minimum Gasteiger partial charge on any atom is -0.495 e. The Labute approximate surface area is 249 Å². The van der Waals surface area contributed by atoms with Crippen LogP contribution >= 0.6 is 11.3 Å². The van der Waals surface area contributed by atoms with Gasteiger partial charge in [0.1, 0.15) is 16.6 Å². The number of carboxylic acids is 1. The van der Waals surface area contributed by atoms with Gasteiger partial charge in [0, 0.05) is 17.0 Å². The zero-order valence-electron chi connectivity index (χ0n) is 24.5. The van der Waals surface area contributed by atoms with E-state index in [-0.39, 0.29) is 45.2 Å². The van der Waals surface area contributed by atoms with E-state index < -0.39 is 38.2 Å². The molecular formula is C30H36F2N2O6S2. The number of aromatic carboxylic acids is 1. The third-order valence-corrected chi connectivity index (χ3v) is 9.90. The van der Waals surface area contributed by atoms with Crippen LogP contribution in [-0.2, 0) is 10.0 Å². The molecule has 0 amide bonds. The van der Waals surface area contributed by atoms with E-state index in [1.165, 1.54) is 12.5 Å². The number of sulfonamides is 1. The topological polar surface area (TPSA) is 115 Å². The van der Waals surface area contributed by atoms with E-state index in [2.05, 4.69) is 30.5 Å². The lowest BCUT2D eigenvalue weighted by Gasteiger charge is -2.37. The van der Waals surface area contributed by atoms with E-state index in [1.54, 1.807) is 6.07 Å². The van der Waals surface area contributed by atoms with E-state index in [0.29, 0.717) is 5.92 Å². The second-order valence-corrected chi connectivity index (χ2v) is 14.3. The van der Waals surface area contributed by atoms with E-state index in [4.69, 9.17) is 14.6 Å². The van der Waals surface area contributed by atoms with Crippen LogP contribution in [0.1, 0.15) is 82.1 Å². The van der Waals surface area contributed by atoms with Crippen molar-refractivity contribution in [3.8, 4) is 22.1 Å². The van der Waals surface area contributed by atoms with E-state index in [9.17, 15) is 17.6 Å². The number of nitrogens with one attached hydrogen (secondary N) is 1. The smallest absolute Gasteiger partial charge is 0.338 e.